The summed E-state index contributed by atoms with van der Waals surface area (Å²) in [7, 11) is 0. The van der Waals surface area contributed by atoms with E-state index in [1.54, 1.807) is 6.26 Å². The van der Waals surface area contributed by atoms with Crippen LogP contribution in [0.4, 0.5) is 0 Å². The van der Waals surface area contributed by atoms with Gasteiger partial charge in [-0.05, 0) is 50.9 Å². The molecule has 1 aromatic rings. The first-order valence-electron chi connectivity index (χ1n) is 6.85. The highest BCUT2D eigenvalue weighted by atomic mass is 16.3. The Kier molecular flexibility index (Phi) is 4.99. The van der Waals surface area contributed by atoms with Gasteiger partial charge in [0.15, 0.2) is 0 Å². The summed E-state index contributed by atoms with van der Waals surface area (Å²) in [6, 6.07) is 3.58. The molecule has 106 valence electrons. The van der Waals surface area contributed by atoms with Crippen LogP contribution in [0.15, 0.2) is 22.8 Å². The molecule has 19 heavy (non-hydrogen) atoms. The first kappa shape index (κ1) is 14.1. The molecule has 0 spiro atoms. The van der Waals surface area contributed by atoms with Gasteiger partial charge in [0.05, 0.1) is 18.8 Å². The fraction of sp³-hybridized carbons (Fsp3) is 0.643. The number of amides is 1. The maximum atomic E-state index is 11.9. The number of piperidine rings is 1. The third-order valence-corrected chi connectivity index (χ3v) is 3.68. The molecule has 1 saturated heterocycles. The standard InChI is InChI=1S/C14H22N2O3/c1-11(13-3-2-8-19-13)15-14(18)9-16-6-4-12(10-17)5-7-16/h2-3,8,11-12,17H,4-7,9-10H2,1H3,(H,15,18)/t11-/m1/s1. The predicted octanol–water partition coefficient (Wildman–Crippen LogP) is 1.16. The van der Waals surface area contributed by atoms with Crippen LogP contribution in [0.2, 0.25) is 0 Å². The molecule has 1 amide bonds. The molecule has 5 nitrogen and oxygen atoms in total. The largest absolute Gasteiger partial charge is 0.467 e. The van der Waals surface area contributed by atoms with Crippen LogP contribution in [-0.4, -0.2) is 42.2 Å². The van der Waals surface area contributed by atoms with E-state index < -0.39 is 0 Å². The van der Waals surface area contributed by atoms with Gasteiger partial charge in [-0.3, -0.25) is 9.69 Å². The minimum absolute atomic E-state index is 0.0198. The van der Waals surface area contributed by atoms with Crippen LogP contribution in [0.5, 0.6) is 0 Å². The molecule has 0 aliphatic carbocycles. The van der Waals surface area contributed by atoms with Crippen molar-refractivity contribution in [2.24, 2.45) is 5.92 Å². The highest BCUT2D eigenvalue weighted by Crippen LogP contribution is 2.16. The summed E-state index contributed by atoms with van der Waals surface area (Å²) in [4.78, 5) is 14.1. The highest BCUT2D eigenvalue weighted by molar-refractivity contribution is 5.78. The van der Waals surface area contributed by atoms with E-state index >= 15 is 0 Å². The Labute approximate surface area is 113 Å². The topological polar surface area (TPSA) is 65.7 Å². The minimum Gasteiger partial charge on any atom is -0.467 e. The number of hydrogen-bond donors (Lipinski definition) is 2. The Morgan fingerprint density at radius 3 is 2.89 bits per heavy atom. The second kappa shape index (κ2) is 6.73. The van der Waals surface area contributed by atoms with E-state index in [0.29, 0.717) is 12.5 Å². The van der Waals surface area contributed by atoms with Crippen LogP contribution in [0.1, 0.15) is 31.6 Å². The number of carbonyl (C=O) groups is 1. The van der Waals surface area contributed by atoms with Gasteiger partial charge in [0.1, 0.15) is 5.76 Å². The zero-order valence-corrected chi connectivity index (χ0v) is 11.3. The summed E-state index contributed by atoms with van der Waals surface area (Å²) >= 11 is 0. The summed E-state index contributed by atoms with van der Waals surface area (Å²) in [5.74, 6) is 1.19. The van der Waals surface area contributed by atoms with E-state index in [-0.39, 0.29) is 18.6 Å². The average Bonchev–Trinajstić information content (AvgIpc) is 2.93. The maximum Gasteiger partial charge on any atom is 0.234 e. The Balaban J connectivity index is 1.73. The fourth-order valence-corrected chi connectivity index (χ4v) is 2.43. The molecule has 1 fully saturated rings. The monoisotopic (exact) mass is 266 g/mol. The van der Waals surface area contributed by atoms with Crippen LogP contribution < -0.4 is 5.32 Å². The molecule has 1 aliphatic heterocycles. The molecule has 2 rings (SSSR count). The number of aliphatic hydroxyl groups is 1. The van der Waals surface area contributed by atoms with Gasteiger partial charge in [-0.15, -0.1) is 0 Å². The van der Waals surface area contributed by atoms with Gasteiger partial charge in [-0.25, -0.2) is 0 Å². The van der Waals surface area contributed by atoms with Crippen LogP contribution in [-0.2, 0) is 4.79 Å². The van der Waals surface area contributed by atoms with Crippen molar-refractivity contribution in [1.82, 2.24) is 10.2 Å². The zero-order chi connectivity index (χ0) is 13.7. The van der Waals surface area contributed by atoms with Crippen molar-refractivity contribution in [2.75, 3.05) is 26.2 Å². The molecule has 0 radical (unpaired) electrons. The average molecular weight is 266 g/mol. The van der Waals surface area contributed by atoms with E-state index in [1.807, 2.05) is 19.1 Å². The Hall–Kier alpha value is -1.33. The lowest BCUT2D eigenvalue weighted by Gasteiger charge is -2.30. The fourth-order valence-electron chi connectivity index (χ4n) is 2.43. The molecule has 5 heteroatoms. The minimum atomic E-state index is -0.0996. The second-order valence-electron chi connectivity index (χ2n) is 5.21. The molecule has 0 aromatic carbocycles. The molecule has 2 heterocycles. The van der Waals surface area contributed by atoms with Crippen molar-refractivity contribution in [3.05, 3.63) is 24.2 Å². The van der Waals surface area contributed by atoms with Gasteiger partial charge in [-0.1, -0.05) is 0 Å². The predicted molar refractivity (Wildman–Crippen MR) is 71.5 cm³/mol. The summed E-state index contributed by atoms with van der Waals surface area (Å²) < 4.78 is 5.26. The van der Waals surface area contributed by atoms with E-state index in [2.05, 4.69) is 10.2 Å². The van der Waals surface area contributed by atoms with E-state index in [9.17, 15) is 4.79 Å². The van der Waals surface area contributed by atoms with E-state index in [4.69, 9.17) is 9.52 Å². The Bertz CT molecular complexity index is 383. The molecule has 1 aromatic heterocycles. The number of hydrogen-bond acceptors (Lipinski definition) is 4. The summed E-state index contributed by atoms with van der Waals surface area (Å²) in [6.45, 7) is 4.36. The molecule has 1 aliphatic rings. The lowest BCUT2D eigenvalue weighted by Crippen LogP contribution is -2.42. The van der Waals surface area contributed by atoms with Crippen molar-refractivity contribution in [1.29, 1.82) is 0 Å². The van der Waals surface area contributed by atoms with Crippen molar-refractivity contribution in [3.63, 3.8) is 0 Å². The molecule has 0 bridgehead atoms. The number of furan rings is 1. The van der Waals surface area contributed by atoms with Gasteiger partial charge in [-0.2, -0.15) is 0 Å². The van der Waals surface area contributed by atoms with Gasteiger partial charge in [0.25, 0.3) is 0 Å². The smallest absolute Gasteiger partial charge is 0.234 e. The van der Waals surface area contributed by atoms with Gasteiger partial charge >= 0.3 is 0 Å². The summed E-state index contributed by atoms with van der Waals surface area (Å²) in [5.41, 5.74) is 0. The second-order valence-corrected chi connectivity index (χ2v) is 5.21. The number of rotatable bonds is 5. The third-order valence-electron chi connectivity index (χ3n) is 3.68. The van der Waals surface area contributed by atoms with E-state index in [0.717, 1.165) is 31.7 Å². The maximum absolute atomic E-state index is 11.9. The van der Waals surface area contributed by atoms with Crippen LogP contribution in [0, 0.1) is 5.92 Å². The number of nitrogens with zero attached hydrogens (tertiary/aromatic N) is 1. The molecule has 0 saturated carbocycles. The lowest BCUT2D eigenvalue weighted by molar-refractivity contribution is -0.123. The van der Waals surface area contributed by atoms with Gasteiger partial charge in [0.2, 0.25) is 5.91 Å². The summed E-state index contributed by atoms with van der Waals surface area (Å²) in [5, 5.41) is 12.0. The van der Waals surface area contributed by atoms with Crippen molar-refractivity contribution < 1.29 is 14.3 Å². The Morgan fingerprint density at radius 1 is 1.58 bits per heavy atom. The van der Waals surface area contributed by atoms with Crippen molar-refractivity contribution in [3.8, 4) is 0 Å². The first-order valence-corrected chi connectivity index (χ1v) is 6.85. The van der Waals surface area contributed by atoms with Crippen molar-refractivity contribution >= 4 is 5.91 Å². The number of likely N-dealkylation sites (tertiary alicyclic amines) is 1. The Morgan fingerprint density at radius 2 is 2.32 bits per heavy atom. The van der Waals surface area contributed by atoms with Crippen molar-refractivity contribution in [2.45, 2.75) is 25.8 Å². The normalized spacial score (nSPS) is 19.3. The highest BCUT2D eigenvalue weighted by Gasteiger charge is 2.21. The number of nitrogens with one attached hydrogen (secondary N) is 1. The SMILES string of the molecule is C[C@@H](NC(=O)CN1CCC(CO)CC1)c1ccco1. The zero-order valence-electron chi connectivity index (χ0n) is 11.3. The van der Waals surface area contributed by atoms with Crippen LogP contribution >= 0.6 is 0 Å². The number of aliphatic hydroxyl groups excluding tert-OH is 1. The van der Waals surface area contributed by atoms with Crippen LogP contribution in [0.25, 0.3) is 0 Å². The third kappa shape index (κ3) is 4.08. The molecule has 1 atom stereocenters. The molecule has 2 N–H and O–H groups in total. The summed E-state index contributed by atoms with van der Waals surface area (Å²) in [6.07, 6.45) is 3.55. The quantitative estimate of drug-likeness (QED) is 0.839. The van der Waals surface area contributed by atoms with Gasteiger partial charge < -0.3 is 14.8 Å². The molecular formula is C14H22N2O3. The van der Waals surface area contributed by atoms with Gasteiger partial charge in [0, 0.05) is 6.61 Å². The van der Waals surface area contributed by atoms with E-state index in [1.165, 1.54) is 0 Å². The lowest BCUT2D eigenvalue weighted by atomic mass is 9.98. The van der Waals surface area contributed by atoms with Crippen LogP contribution in [0.3, 0.4) is 0 Å². The first-order chi connectivity index (χ1) is 9.19. The molecular weight excluding hydrogens is 244 g/mol. The molecule has 0 unspecified atom stereocenters. The number of carbonyl (C=O) groups excluding carboxylic acids is 1.